The van der Waals surface area contributed by atoms with Crippen LogP contribution in [0.2, 0.25) is 0 Å². The number of carbonyl (C=O) groups is 4. The lowest BCUT2D eigenvalue weighted by Crippen LogP contribution is -2.43. The molecule has 3 aromatic rings. The summed E-state index contributed by atoms with van der Waals surface area (Å²) in [5.74, 6) is 0.0350. The smallest absolute Gasteiger partial charge is 0.337 e. The van der Waals surface area contributed by atoms with Gasteiger partial charge in [-0.25, -0.2) is 4.79 Å². The molecule has 12 nitrogen and oxygen atoms in total. The average molecular weight is 630 g/mol. The van der Waals surface area contributed by atoms with E-state index < -0.39 is 5.97 Å². The maximum absolute atomic E-state index is 13.2. The van der Waals surface area contributed by atoms with E-state index in [2.05, 4.69) is 20.4 Å². The van der Waals surface area contributed by atoms with Gasteiger partial charge < -0.3 is 34.3 Å². The second-order valence-corrected chi connectivity index (χ2v) is 11.3. The molecule has 3 amide bonds. The Balaban J connectivity index is 1.06. The summed E-state index contributed by atoms with van der Waals surface area (Å²) in [7, 11) is 4.58. The fourth-order valence-corrected chi connectivity index (χ4v) is 5.62. The second-order valence-electron chi connectivity index (χ2n) is 11.3. The van der Waals surface area contributed by atoms with Gasteiger partial charge in [-0.1, -0.05) is 0 Å². The summed E-state index contributed by atoms with van der Waals surface area (Å²) in [5.41, 5.74) is 2.90. The van der Waals surface area contributed by atoms with E-state index in [4.69, 9.17) is 9.47 Å². The molecule has 5 rings (SSSR count). The van der Waals surface area contributed by atoms with Crippen molar-refractivity contribution in [2.45, 2.75) is 51.0 Å². The van der Waals surface area contributed by atoms with Gasteiger partial charge >= 0.3 is 5.97 Å². The Labute approximate surface area is 267 Å². The molecule has 1 aromatic heterocycles. The van der Waals surface area contributed by atoms with E-state index in [9.17, 15) is 19.2 Å². The van der Waals surface area contributed by atoms with Gasteiger partial charge in [0.25, 0.3) is 11.8 Å². The molecular weight excluding hydrogens is 590 g/mol. The van der Waals surface area contributed by atoms with Gasteiger partial charge in [-0.2, -0.15) is 0 Å². The number of amides is 3. The maximum Gasteiger partial charge on any atom is 0.337 e. The quantitative estimate of drug-likeness (QED) is 0.203. The molecule has 0 spiro atoms. The number of methoxy groups -OCH3 is 2. The molecule has 2 N–H and O–H groups in total. The van der Waals surface area contributed by atoms with Gasteiger partial charge in [0, 0.05) is 44.2 Å². The third-order valence-electron chi connectivity index (χ3n) is 8.10. The number of esters is 1. The molecule has 0 bridgehead atoms. The zero-order valence-corrected chi connectivity index (χ0v) is 26.3. The largest absolute Gasteiger partial charge is 0.493 e. The van der Waals surface area contributed by atoms with Gasteiger partial charge in [0.2, 0.25) is 5.91 Å². The number of nitrogens with one attached hydrogen (secondary N) is 2. The molecule has 46 heavy (non-hydrogen) atoms. The molecule has 3 heterocycles. The summed E-state index contributed by atoms with van der Waals surface area (Å²) < 4.78 is 17.9. The van der Waals surface area contributed by atoms with E-state index in [1.165, 1.54) is 7.11 Å². The van der Waals surface area contributed by atoms with E-state index in [0.717, 1.165) is 38.6 Å². The molecule has 0 unspecified atom stereocenters. The normalized spacial score (nSPS) is 15.3. The topological polar surface area (TPSA) is 141 Å². The fraction of sp³-hybridized carbons (Fsp3) is 0.382. The van der Waals surface area contributed by atoms with E-state index >= 15 is 0 Å². The molecule has 1 saturated heterocycles. The highest BCUT2D eigenvalue weighted by molar-refractivity contribution is 6.05. The van der Waals surface area contributed by atoms with Gasteiger partial charge in [-0.15, -0.1) is 0 Å². The number of aromatic nitrogens is 1. The number of carbonyl (C=O) groups excluding carboxylic acids is 4. The third kappa shape index (κ3) is 7.56. The van der Waals surface area contributed by atoms with Gasteiger partial charge in [-0.05, 0) is 74.9 Å². The highest BCUT2D eigenvalue weighted by Gasteiger charge is 2.31. The Morgan fingerprint density at radius 3 is 2.52 bits per heavy atom. The average Bonchev–Trinajstić information content (AvgIpc) is 3.37. The first-order valence-electron chi connectivity index (χ1n) is 15.4. The lowest BCUT2D eigenvalue weighted by atomic mass is 10.0. The van der Waals surface area contributed by atoms with Gasteiger partial charge in [0.1, 0.15) is 5.69 Å². The van der Waals surface area contributed by atoms with Crippen molar-refractivity contribution in [1.29, 1.82) is 0 Å². The first kappa shape index (κ1) is 32.3. The Hall–Kier alpha value is -5.13. The number of fused-ring (bicyclic) bond motifs is 2. The van der Waals surface area contributed by atoms with Crippen molar-refractivity contribution in [3.8, 4) is 11.5 Å². The van der Waals surface area contributed by atoms with Crippen LogP contribution in [0.4, 0.5) is 17.1 Å². The van der Waals surface area contributed by atoms with Crippen molar-refractivity contribution in [3.05, 3.63) is 65.5 Å². The Morgan fingerprint density at radius 2 is 1.76 bits per heavy atom. The number of aliphatic imine (C=N–C) groups is 1. The van der Waals surface area contributed by atoms with Crippen LogP contribution in [0, 0.1) is 0 Å². The molecule has 2 aliphatic rings. The predicted molar refractivity (Wildman–Crippen MR) is 174 cm³/mol. The maximum atomic E-state index is 13.2. The number of hydrogen-bond acceptors (Lipinski definition) is 8. The third-order valence-corrected chi connectivity index (χ3v) is 8.10. The van der Waals surface area contributed by atoms with Crippen molar-refractivity contribution in [1.82, 2.24) is 9.47 Å². The molecular formula is C34H39N5O7. The predicted octanol–water partition coefficient (Wildman–Crippen LogP) is 5.36. The summed E-state index contributed by atoms with van der Waals surface area (Å²) in [4.78, 5) is 56.7. The Kier molecular flexibility index (Phi) is 10.4. The molecule has 2 aliphatic heterocycles. The van der Waals surface area contributed by atoms with E-state index in [0.29, 0.717) is 64.8 Å². The number of anilines is 2. The van der Waals surface area contributed by atoms with E-state index in [1.54, 1.807) is 67.4 Å². The molecule has 2 aromatic carbocycles. The number of benzene rings is 2. The molecule has 242 valence electrons. The van der Waals surface area contributed by atoms with Crippen LogP contribution in [0.5, 0.6) is 11.5 Å². The summed E-state index contributed by atoms with van der Waals surface area (Å²) in [6.07, 6.45) is 9.02. The van der Waals surface area contributed by atoms with Crippen LogP contribution in [0.3, 0.4) is 0 Å². The van der Waals surface area contributed by atoms with Gasteiger partial charge in [0.15, 0.2) is 11.5 Å². The molecule has 1 atom stereocenters. The summed E-state index contributed by atoms with van der Waals surface area (Å²) in [5, 5.41) is 5.64. The van der Waals surface area contributed by atoms with Crippen LogP contribution >= 0.6 is 0 Å². The van der Waals surface area contributed by atoms with Crippen molar-refractivity contribution in [3.63, 3.8) is 0 Å². The zero-order chi connectivity index (χ0) is 32.6. The Bertz CT molecular complexity index is 1630. The molecule has 1 fully saturated rings. The first-order chi connectivity index (χ1) is 22.3. The number of piperidine rings is 1. The number of unbranched alkanes of at least 4 members (excludes halogenated alkanes) is 2. The van der Waals surface area contributed by atoms with Crippen LogP contribution in [0.1, 0.15) is 76.2 Å². The molecule has 0 aliphatic carbocycles. The standard InChI is InChI=1S/C34H39N5O7/c1-38-21-24(17-28(38)32(41)37-23-13-11-22(12-14-23)34(43)45-3)36-31(40)10-5-4-8-16-46-30-19-27-26(18-29(30)44-2)33(42)39-15-7-6-9-25(39)20-35-27/h11-14,17-21,25H,4-10,15-16H2,1-3H3,(H,36,40)(H,37,41)/t25-/m0/s1. The monoisotopic (exact) mass is 629 g/mol. The SMILES string of the molecule is COC(=O)c1ccc(NC(=O)c2cc(NC(=O)CCCCCOc3cc4c(cc3OC)C(=O)N3CCCC[C@H]3C=N4)cn2C)cc1. The van der Waals surface area contributed by atoms with Crippen LogP contribution < -0.4 is 20.1 Å². The zero-order valence-electron chi connectivity index (χ0n) is 26.3. The number of ether oxygens (including phenoxy) is 3. The highest BCUT2D eigenvalue weighted by atomic mass is 16.5. The van der Waals surface area contributed by atoms with Crippen LogP contribution in [0.15, 0.2) is 53.7 Å². The minimum Gasteiger partial charge on any atom is -0.493 e. The van der Waals surface area contributed by atoms with Crippen molar-refractivity contribution < 1.29 is 33.4 Å². The van der Waals surface area contributed by atoms with Crippen molar-refractivity contribution in [2.24, 2.45) is 12.0 Å². The van der Waals surface area contributed by atoms with Crippen LogP contribution in [0.25, 0.3) is 0 Å². The lowest BCUT2D eigenvalue weighted by molar-refractivity contribution is -0.116. The summed E-state index contributed by atoms with van der Waals surface area (Å²) >= 11 is 0. The van der Waals surface area contributed by atoms with Gasteiger partial charge in [0.05, 0.1) is 49.4 Å². The van der Waals surface area contributed by atoms with Crippen molar-refractivity contribution in [2.75, 3.05) is 38.0 Å². The number of aryl methyl sites for hydroxylation is 1. The molecule has 0 radical (unpaired) electrons. The van der Waals surface area contributed by atoms with Crippen molar-refractivity contribution >= 4 is 47.0 Å². The Morgan fingerprint density at radius 1 is 0.957 bits per heavy atom. The summed E-state index contributed by atoms with van der Waals surface area (Å²) in [6, 6.07) is 11.5. The second kappa shape index (κ2) is 14.8. The van der Waals surface area contributed by atoms with Crippen LogP contribution in [-0.4, -0.2) is 72.8 Å². The molecule has 12 heteroatoms. The highest BCUT2D eigenvalue weighted by Crippen LogP contribution is 2.38. The minimum absolute atomic E-state index is 0.0229. The van der Waals surface area contributed by atoms with E-state index in [-0.39, 0.29) is 23.8 Å². The minimum atomic E-state index is -0.458. The van der Waals surface area contributed by atoms with E-state index in [1.807, 2.05) is 11.1 Å². The molecule has 0 saturated carbocycles. The first-order valence-corrected chi connectivity index (χ1v) is 15.4. The lowest BCUT2D eigenvalue weighted by Gasteiger charge is -2.32. The summed E-state index contributed by atoms with van der Waals surface area (Å²) in [6.45, 7) is 1.15. The van der Waals surface area contributed by atoms with Crippen LogP contribution in [-0.2, 0) is 16.6 Å². The number of nitrogens with zero attached hydrogens (tertiary/aromatic N) is 3. The number of hydrogen-bond donors (Lipinski definition) is 2. The fourth-order valence-electron chi connectivity index (χ4n) is 5.62. The number of rotatable bonds is 12. The van der Waals surface area contributed by atoms with Gasteiger partial charge in [-0.3, -0.25) is 19.4 Å².